The molecule has 0 spiro atoms. The summed E-state index contributed by atoms with van der Waals surface area (Å²) >= 11 is 29.1. The number of ether oxygens (including phenoxy) is 1. The van der Waals surface area contributed by atoms with Gasteiger partial charge in [0.15, 0.2) is 10.7 Å². The summed E-state index contributed by atoms with van der Waals surface area (Å²) in [4.78, 5) is 7.93. The predicted octanol–water partition coefficient (Wildman–Crippen LogP) is 23.6. The molecule has 0 amide bonds. The Morgan fingerprint density at radius 3 is 1.29 bits per heavy atom. The van der Waals surface area contributed by atoms with Crippen LogP contribution in [0.15, 0.2) is 64.6 Å². The molecule has 3 atom stereocenters. The van der Waals surface area contributed by atoms with Gasteiger partial charge in [-0.25, -0.2) is 9.98 Å². The monoisotopic (exact) mass is 1460 g/mol. The van der Waals surface area contributed by atoms with Crippen LogP contribution in [0.1, 0.15) is 251 Å². The van der Waals surface area contributed by atoms with Gasteiger partial charge in [-0.3, -0.25) is 0 Å². The first-order chi connectivity index (χ1) is 48.1. The summed E-state index contributed by atoms with van der Waals surface area (Å²) in [5.74, 6) is 0. The van der Waals surface area contributed by atoms with Crippen LogP contribution in [0.25, 0.3) is 0 Å². The van der Waals surface area contributed by atoms with Gasteiger partial charge in [-0.1, -0.05) is 159 Å². The van der Waals surface area contributed by atoms with Crippen molar-refractivity contribution in [3.8, 4) is 12.8 Å². The summed E-state index contributed by atoms with van der Waals surface area (Å²) in [7, 11) is 0. The van der Waals surface area contributed by atoms with Gasteiger partial charge in [-0.15, -0.1) is 12.8 Å². The Hall–Kier alpha value is -5.77. The number of nitrogens with zero attached hydrogens (tertiary/aromatic N) is 2. The molecule has 0 aliphatic carbocycles. The van der Waals surface area contributed by atoms with Gasteiger partial charge in [-0.2, -0.15) is 0 Å². The van der Waals surface area contributed by atoms with Crippen LogP contribution in [0.2, 0.25) is 15.1 Å². The van der Waals surface area contributed by atoms with Crippen LogP contribution >= 0.6 is 59.2 Å². The SMILES string of the molecule is Cc1c(C)c(C)c(C(O)(c2cc(Cl)ccc2N)C(C)(C)C)c(C)c1C.[2H]C#C.[2H]C([2H])(N=C1Nc2ccc(Cl)cc2C(c2c(C)c(C)c(C)c(C)c2C)(C(C)(C)C)O1)C(C)(C)C.[2H]C([2H])(N=C=S)C(C)(C)C.[2H]C([2H])(NC(=S)Nc1ccc(Cl)cc1C(O)(c1c(C)c(C)c(C)c(C)c1C)C(C)(C)C)C(C)(C)C. The molecule has 7 N–H and O–H groups in total. The maximum atomic E-state index is 12.7. The van der Waals surface area contributed by atoms with Crippen molar-refractivity contribution >= 4 is 92.6 Å². The fourth-order valence-corrected chi connectivity index (χ4v) is 13.7. The zero-order valence-corrected chi connectivity index (χ0v) is 70.4. The number of amidine groups is 1. The third-order valence-electron chi connectivity index (χ3n) is 19.7. The van der Waals surface area contributed by atoms with Crippen molar-refractivity contribution in [2.45, 2.75) is 245 Å². The lowest BCUT2D eigenvalue weighted by Crippen LogP contribution is -2.51. The molecular formula is C86H123Cl3N6O3S2. The van der Waals surface area contributed by atoms with E-state index >= 15 is 0 Å². The van der Waals surface area contributed by atoms with E-state index in [4.69, 9.17) is 67.1 Å². The lowest BCUT2D eigenvalue weighted by atomic mass is 9.64. The number of terminal acetylenes is 1. The second-order valence-electron chi connectivity index (χ2n) is 33.0. The van der Waals surface area contributed by atoms with Gasteiger partial charge in [0, 0.05) is 75.5 Å². The molecule has 548 valence electrons. The number of aliphatic hydroxyl groups is 2. The highest BCUT2D eigenvalue weighted by Gasteiger charge is 2.54. The van der Waals surface area contributed by atoms with Crippen molar-refractivity contribution in [2.75, 3.05) is 35.9 Å². The highest BCUT2D eigenvalue weighted by Crippen LogP contribution is 2.57. The van der Waals surface area contributed by atoms with Gasteiger partial charge in [0.2, 0.25) is 0 Å². The molecule has 9 nitrogen and oxygen atoms in total. The van der Waals surface area contributed by atoms with Crippen LogP contribution in [0.4, 0.5) is 17.1 Å². The van der Waals surface area contributed by atoms with E-state index in [1.165, 1.54) is 56.5 Å². The minimum atomic E-state index is -1.84. The van der Waals surface area contributed by atoms with Crippen molar-refractivity contribution < 1.29 is 24.5 Å². The Labute approximate surface area is 641 Å². The summed E-state index contributed by atoms with van der Waals surface area (Å²) in [6.45, 7) is 61.4. The largest absolute Gasteiger partial charge is 0.448 e. The van der Waals surface area contributed by atoms with Crippen LogP contribution in [0, 0.1) is 149 Å². The molecule has 6 aromatic carbocycles. The number of hydrogen-bond donors (Lipinski definition) is 6. The van der Waals surface area contributed by atoms with E-state index in [0.29, 0.717) is 37.6 Å². The van der Waals surface area contributed by atoms with Crippen LogP contribution in [0.3, 0.4) is 0 Å². The predicted molar refractivity (Wildman–Crippen MR) is 444 cm³/mol. The second kappa shape index (κ2) is 33.3. The lowest BCUT2D eigenvalue weighted by Gasteiger charge is -2.50. The summed E-state index contributed by atoms with van der Waals surface area (Å²) in [5, 5.41) is 38.0. The molecule has 0 bridgehead atoms. The van der Waals surface area contributed by atoms with E-state index in [1.54, 1.807) is 57.2 Å². The first kappa shape index (κ1) is 76.9. The quantitative estimate of drug-likeness (QED) is 0.0362. The Balaban J connectivity index is 0.000000388. The highest BCUT2D eigenvalue weighted by atomic mass is 35.5. The van der Waals surface area contributed by atoms with Gasteiger partial charge in [0.1, 0.15) is 12.6 Å². The maximum Gasteiger partial charge on any atom is 0.290 e. The van der Waals surface area contributed by atoms with E-state index in [9.17, 15) is 10.2 Å². The van der Waals surface area contributed by atoms with Crippen LogP contribution in [-0.2, 0) is 21.5 Å². The number of halogens is 3. The molecule has 0 saturated heterocycles. The van der Waals surface area contributed by atoms with Crippen molar-refractivity contribution in [3.63, 3.8) is 0 Å². The standard InChI is InChI=1S/C28H41ClN2OS.C28H39ClN2O.C22H30ClNO.C6H11NS.C2H2/c1-16-17(2)19(4)24(20(5)18(16)3)28(32,27(9,10)11)22-14-21(29)12-13-23(22)31-25(33)30-15-26(6,7)8;1-16-17(2)19(4)24(20(5)18(16)3)28(27(9,10)11)22-14-21(29)12-13-23(22)31-25(32-28)30-15-26(6,7)8;1-12-13(2)15(4)20(16(5)14(12)3)22(25,21(6,7)8)18-11-17(23)9-10-19(18)24;1-6(2,3)4-7-5-8;1-2/h12-14,32H,15H2,1-11H3,(H2,30,31,33);12-14H,15H2,1-11H3,(H,30,31);9-11,25H,24H2,1-8H3;4H2,1-3H3;1-2H/i2*15D2;;4D2;1D. The summed E-state index contributed by atoms with van der Waals surface area (Å²) in [5.41, 5.74) is 23.9. The molecule has 0 radical (unpaired) electrons. The zero-order valence-electron chi connectivity index (χ0n) is 73.5. The zero-order chi connectivity index (χ0) is 83.8. The molecule has 0 aromatic heterocycles. The number of nitrogens with two attached hydrogens (primary N) is 1. The minimum absolute atomic E-state index is 0.134. The summed E-state index contributed by atoms with van der Waals surface area (Å²) in [6.07, 6.45) is 5.76. The van der Waals surface area contributed by atoms with Crippen molar-refractivity contribution in [1.29, 1.82) is 0 Å². The molecule has 1 aliphatic heterocycles. The Kier molecular flexibility index (Phi) is 25.6. The number of fused-ring (bicyclic) bond motifs is 1. The molecule has 6 aromatic rings. The average Bonchev–Trinajstić information content (AvgIpc) is 0.720. The van der Waals surface area contributed by atoms with Gasteiger partial charge < -0.3 is 36.6 Å². The third kappa shape index (κ3) is 19.5. The second-order valence-corrected chi connectivity index (χ2v) is 34.9. The van der Waals surface area contributed by atoms with Crippen molar-refractivity contribution in [3.05, 3.63) is 186 Å². The number of nitrogens with one attached hydrogen (secondary N) is 3. The first-order valence-corrected chi connectivity index (χ1v) is 36.0. The maximum absolute atomic E-state index is 12.7. The van der Waals surface area contributed by atoms with E-state index in [2.05, 4.69) is 169 Å². The summed E-state index contributed by atoms with van der Waals surface area (Å²) in [6, 6.07) is 16.5. The minimum Gasteiger partial charge on any atom is -0.448 e. The lowest BCUT2D eigenvalue weighted by molar-refractivity contribution is -0.0264. The number of anilines is 3. The molecule has 1 aliphatic rings. The molecule has 0 fully saturated rings. The van der Waals surface area contributed by atoms with Crippen LogP contribution in [-0.4, -0.2) is 46.0 Å². The van der Waals surface area contributed by atoms with Gasteiger partial charge >= 0.3 is 0 Å². The van der Waals surface area contributed by atoms with E-state index in [0.717, 1.165) is 61.3 Å². The van der Waals surface area contributed by atoms with Gasteiger partial charge in [0.05, 0.1) is 17.1 Å². The topological polar surface area (TPSA) is 137 Å². The number of nitrogen functional groups attached to an aromatic ring is 1. The van der Waals surface area contributed by atoms with E-state index in [1.807, 2.05) is 106 Å². The molecule has 100 heavy (non-hydrogen) atoms. The number of aliphatic imine (C=N–C) groups is 2. The highest BCUT2D eigenvalue weighted by molar-refractivity contribution is 7.80. The summed E-state index contributed by atoms with van der Waals surface area (Å²) < 4.78 is 61.4. The van der Waals surface area contributed by atoms with Crippen molar-refractivity contribution in [1.82, 2.24) is 5.32 Å². The number of isothiocyanates is 1. The first-order valence-electron chi connectivity index (χ1n) is 37.5. The number of hydrogen-bond acceptors (Lipinski definition) is 8. The third-order valence-corrected chi connectivity index (χ3v) is 20.7. The average molecular weight is 1470 g/mol. The smallest absolute Gasteiger partial charge is 0.290 e. The van der Waals surface area contributed by atoms with E-state index in [-0.39, 0.29) is 11.1 Å². The normalized spacial score (nSPS) is 16.9. The molecule has 14 heteroatoms. The number of rotatable bonds is 9. The molecule has 7 rings (SSSR count). The van der Waals surface area contributed by atoms with Gasteiger partial charge in [0.25, 0.3) is 6.02 Å². The van der Waals surface area contributed by atoms with Gasteiger partial charge in [-0.05, 0) is 305 Å². The molecule has 0 saturated carbocycles. The molecular weight excluding hydrogens is 1340 g/mol. The molecule has 3 unspecified atom stereocenters. The number of thiocarbonyl (C=S) groups is 2. The Bertz CT molecular complexity index is 4360. The fraction of sp³-hybridized carbons (Fsp3) is 0.523. The number of benzene rings is 6. The van der Waals surface area contributed by atoms with Crippen molar-refractivity contribution in [2.24, 2.45) is 42.5 Å². The van der Waals surface area contributed by atoms with E-state index < -0.39 is 68.8 Å². The Morgan fingerprint density at radius 2 is 0.920 bits per heavy atom. The molecule has 1 heterocycles. The van der Waals surface area contributed by atoms with Crippen LogP contribution in [0.5, 0.6) is 0 Å². The Morgan fingerprint density at radius 1 is 0.560 bits per heavy atom. The van der Waals surface area contributed by atoms with Crippen LogP contribution < -0.4 is 21.7 Å². The fourth-order valence-electron chi connectivity index (χ4n) is 12.9.